The molecule has 0 amide bonds. The Bertz CT molecular complexity index is 541. The molecule has 1 aromatic rings. The number of β-amino-alcohol motifs (C(OH)–C–C–N with tert-alkyl or cyclic N) is 1. The van der Waals surface area contributed by atoms with E-state index in [1.165, 1.54) is 6.20 Å². The van der Waals surface area contributed by atoms with E-state index in [2.05, 4.69) is 20.9 Å². The van der Waals surface area contributed by atoms with Gasteiger partial charge in [0, 0.05) is 57.8 Å². The van der Waals surface area contributed by atoms with E-state index in [9.17, 15) is 10.4 Å². The Morgan fingerprint density at radius 2 is 1.95 bits per heavy atom. The van der Waals surface area contributed by atoms with Crippen LogP contribution in [0.3, 0.4) is 0 Å². The summed E-state index contributed by atoms with van der Waals surface area (Å²) in [5, 5.41) is 19.5. The fraction of sp³-hybridized carbons (Fsp3) is 0.667. The molecule has 0 saturated carbocycles. The lowest BCUT2D eigenvalue weighted by molar-refractivity contribution is 0.0219. The van der Waals surface area contributed by atoms with Crippen molar-refractivity contribution in [2.75, 3.05) is 44.3 Å². The lowest BCUT2D eigenvalue weighted by Gasteiger charge is -2.33. The van der Waals surface area contributed by atoms with Crippen molar-refractivity contribution >= 4 is 5.82 Å². The Morgan fingerprint density at radius 3 is 2.73 bits per heavy atom. The van der Waals surface area contributed by atoms with Gasteiger partial charge in [0.05, 0.1) is 6.10 Å². The molecule has 0 aliphatic carbocycles. The zero-order valence-electron chi connectivity index (χ0n) is 12.6. The molecule has 0 aromatic carbocycles. The molecule has 118 valence electrons. The smallest absolute Gasteiger partial charge is 0.183 e. The molecular formula is C15H21N5O2. The normalized spacial score (nSPS) is 24.7. The van der Waals surface area contributed by atoms with E-state index in [1.54, 1.807) is 6.20 Å². The second-order valence-corrected chi connectivity index (χ2v) is 5.78. The van der Waals surface area contributed by atoms with Gasteiger partial charge in [-0.25, -0.2) is 9.97 Å². The molecule has 2 aliphatic heterocycles. The van der Waals surface area contributed by atoms with E-state index in [0.29, 0.717) is 30.6 Å². The highest BCUT2D eigenvalue weighted by molar-refractivity contribution is 5.49. The maximum Gasteiger partial charge on any atom is 0.183 e. The molecule has 2 aliphatic rings. The number of anilines is 1. The number of aromatic nitrogens is 2. The topological polar surface area (TPSA) is 85.5 Å². The fourth-order valence-corrected chi connectivity index (χ4v) is 3.23. The predicted molar refractivity (Wildman–Crippen MR) is 80.4 cm³/mol. The van der Waals surface area contributed by atoms with E-state index in [1.807, 2.05) is 4.90 Å². The summed E-state index contributed by atoms with van der Waals surface area (Å²) in [7, 11) is 0. The van der Waals surface area contributed by atoms with Crippen molar-refractivity contribution in [1.29, 1.82) is 5.26 Å². The van der Waals surface area contributed by atoms with Crippen LogP contribution in [0.5, 0.6) is 0 Å². The van der Waals surface area contributed by atoms with E-state index in [4.69, 9.17) is 4.74 Å². The number of ether oxygens (including phenoxy) is 1. The lowest BCUT2D eigenvalue weighted by atomic mass is 10.1. The number of nitrogens with zero attached hydrogens (tertiary/aromatic N) is 5. The van der Waals surface area contributed by atoms with Crippen LogP contribution in [-0.2, 0) is 4.74 Å². The molecule has 7 heteroatoms. The standard InChI is InChI=1S/C15H21N5O2/c16-9-14-15(18-4-3-17-14)20-6-5-19(10-13(21)11-20)12-1-7-22-8-2-12/h3-4,12-13,21H,1-2,5-8,10-11H2. The van der Waals surface area contributed by atoms with Crippen LogP contribution in [0.4, 0.5) is 5.82 Å². The van der Waals surface area contributed by atoms with Crippen LogP contribution < -0.4 is 4.90 Å². The Kier molecular flexibility index (Phi) is 4.83. The van der Waals surface area contributed by atoms with Gasteiger partial charge in [-0.3, -0.25) is 4.90 Å². The maximum atomic E-state index is 10.3. The zero-order chi connectivity index (χ0) is 15.4. The number of nitriles is 1. The summed E-state index contributed by atoms with van der Waals surface area (Å²) in [5.41, 5.74) is 0.314. The third kappa shape index (κ3) is 3.35. The first-order chi connectivity index (χ1) is 10.8. The molecule has 1 N–H and O–H groups in total. The molecule has 0 radical (unpaired) electrons. The lowest BCUT2D eigenvalue weighted by Crippen LogP contribution is -2.43. The summed E-state index contributed by atoms with van der Waals surface area (Å²) in [6.45, 7) is 4.31. The van der Waals surface area contributed by atoms with Crippen molar-refractivity contribution in [3.63, 3.8) is 0 Å². The van der Waals surface area contributed by atoms with Crippen LogP contribution in [0.2, 0.25) is 0 Å². The largest absolute Gasteiger partial charge is 0.390 e. The Balaban J connectivity index is 1.72. The van der Waals surface area contributed by atoms with Crippen LogP contribution in [0.15, 0.2) is 12.4 Å². The van der Waals surface area contributed by atoms with Gasteiger partial charge in [-0.2, -0.15) is 5.26 Å². The summed E-state index contributed by atoms with van der Waals surface area (Å²) in [4.78, 5) is 12.6. The van der Waals surface area contributed by atoms with E-state index in [-0.39, 0.29) is 0 Å². The molecule has 1 atom stereocenters. The minimum Gasteiger partial charge on any atom is -0.390 e. The third-order valence-corrected chi connectivity index (χ3v) is 4.33. The number of aliphatic hydroxyl groups excluding tert-OH is 1. The van der Waals surface area contributed by atoms with Gasteiger partial charge in [0.2, 0.25) is 0 Å². The molecule has 0 bridgehead atoms. The number of rotatable bonds is 2. The van der Waals surface area contributed by atoms with Gasteiger partial charge in [-0.15, -0.1) is 0 Å². The number of hydrogen-bond donors (Lipinski definition) is 1. The zero-order valence-corrected chi connectivity index (χ0v) is 12.6. The first-order valence-corrected chi connectivity index (χ1v) is 7.74. The van der Waals surface area contributed by atoms with Crippen molar-refractivity contribution in [2.24, 2.45) is 0 Å². The van der Waals surface area contributed by atoms with Crippen LogP contribution >= 0.6 is 0 Å². The average Bonchev–Trinajstić information content (AvgIpc) is 2.77. The van der Waals surface area contributed by atoms with Crippen molar-refractivity contribution < 1.29 is 9.84 Å². The van der Waals surface area contributed by atoms with E-state index < -0.39 is 6.10 Å². The van der Waals surface area contributed by atoms with Gasteiger partial charge in [-0.1, -0.05) is 0 Å². The molecular weight excluding hydrogens is 282 g/mol. The van der Waals surface area contributed by atoms with Crippen molar-refractivity contribution in [3.8, 4) is 6.07 Å². The minimum absolute atomic E-state index is 0.314. The fourth-order valence-electron chi connectivity index (χ4n) is 3.23. The Labute approximate surface area is 130 Å². The molecule has 22 heavy (non-hydrogen) atoms. The highest BCUT2D eigenvalue weighted by atomic mass is 16.5. The van der Waals surface area contributed by atoms with Crippen LogP contribution in [0.25, 0.3) is 0 Å². The van der Waals surface area contributed by atoms with Crippen molar-refractivity contribution in [1.82, 2.24) is 14.9 Å². The highest BCUT2D eigenvalue weighted by Crippen LogP contribution is 2.20. The second-order valence-electron chi connectivity index (χ2n) is 5.78. The van der Waals surface area contributed by atoms with Gasteiger partial charge >= 0.3 is 0 Å². The molecule has 2 fully saturated rings. The van der Waals surface area contributed by atoms with Crippen LogP contribution in [-0.4, -0.2) is 71.5 Å². The molecule has 1 aromatic heterocycles. The monoisotopic (exact) mass is 303 g/mol. The molecule has 3 heterocycles. The molecule has 2 saturated heterocycles. The van der Waals surface area contributed by atoms with E-state index >= 15 is 0 Å². The van der Waals surface area contributed by atoms with Gasteiger partial charge in [-0.05, 0) is 12.8 Å². The van der Waals surface area contributed by atoms with Crippen LogP contribution in [0, 0.1) is 11.3 Å². The van der Waals surface area contributed by atoms with Gasteiger partial charge < -0.3 is 14.7 Å². The summed E-state index contributed by atoms with van der Waals surface area (Å²) >= 11 is 0. The van der Waals surface area contributed by atoms with Crippen molar-refractivity contribution in [2.45, 2.75) is 25.0 Å². The second kappa shape index (κ2) is 7.01. The van der Waals surface area contributed by atoms with Gasteiger partial charge in [0.15, 0.2) is 11.5 Å². The SMILES string of the molecule is N#Cc1nccnc1N1CCN(C2CCOCC2)CC(O)C1. The third-order valence-electron chi connectivity index (χ3n) is 4.33. The number of hydrogen-bond acceptors (Lipinski definition) is 7. The summed E-state index contributed by atoms with van der Waals surface area (Å²) in [6.07, 6.45) is 4.68. The minimum atomic E-state index is -0.459. The molecule has 3 rings (SSSR count). The highest BCUT2D eigenvalue weighted by Gasteiger charge is 2.28. The Morgan fingerprint density at radius 1 is 1.18 bits per heavy atom. The molecule has 0 spiro atoms. The Hall–Kier alpha value is -1.75. The molecule has 1 unspecified atom stereocenters. The van der Waals surface area contributed by atoms with Crippen LogP contribution in [0.1, 0.15) is 18.5 Å². The predicted octanol–water partition coefficient (Wildman–Crippen LogP) is 0.0102. The summed E-state index contributed by atoms with van der Waals surface area (Å²) < 4.78 is 5.42. The summed E-state index contributed by atoms with van der Waals surface area (Å²) in [5.74, 6) is 0.567. The molecule has 7 nitrogen and oxygen atoms in total. The van der Waals surface area contributed by atoms with Crippen molar-refractivity contribution in [3.05, 3.63) is 18.1 Å². The average molecular weight is 303 g/mol. The maximum absolute atomic E-state index is 10.3. The first-order valence-electron chi connectivity index (χ1n) is 7.74. The first kappa shape index (κ1) is 15.2. The van der Waals surface area contributed by atoms with Gasteiger partial charge in [0.1, 0.15) is 6.07 Å². The summed E-state index contributed by atoms with van der Waals surface area (Å²) in [6, 6.07) is 2.55. The van der Waals surface area contributed by atoms with E-state index in [0.717, 1.165) is 39.1 Å². The van der Waals surface area contributed by atoms with Gasteiger partial charge in [0.25, 0.3) is 0 Å². The number of aliphatic hydroxyl groups is 1. The quantitative estimate of drug-likeness (QED) is 0.823.